The van der Waals surface area contributed by atoms with Crippen molar-refractivity contribution in [2.75, 3.05) is 10.6 Å². The van der Waals surface area contributed by atoms with Crippen molar-refractivity contribution in [2.24, 2.45) is 4.99 Å². The Labute approximate surface area is 224 Å². The summed E-state index contributed by atoms with van der Waals surface area (Å²) in [6, 6.07) is 5.29. The van der Waals surface area contributed by atoms with E-state index in [2.05, 4.69) is 25.9 Å². The second-order valence-corrected chi connectivity index (χ2v) is 11.3. The van der Waals surface area contributed by atoms with Crippen molar-refractivity contribution in [1.82, 2.24) is 10.3 Å². The van der Waals surface area contributed by atoms with Crippen LogP contribution in [0.5, 0.6) is 5.75 Å². The predicted molar refractivity (Wildman–Crippen MR) is 143 cm³/mol. The summed E-state index contributed by atoms with van der Waals surface area (Å²) >= 11 is 1.08. The van der Waals surface area contributed by atoms with Crippen LogP contribution in [0.1, 0.15) is 56.5 Å². The molecule has 3 N–H and O–H groups in total. The summed E-state index contributed by atoms with van der Waals surface area (Å²) in [6.07, 6.45) is 3.08. The number of aromatic nitrogens is 1. The van der Waals surface area contributed by atoms with Gasteiger partial charge in [0.2, 0.25) is 5.91 Å². The number of anilines is 2. The van der Waals surface area contributed by atoms with Gasteiger partial charge in [0.05, 0.1) is 23.9 Å². The molecule has 2 aliphatic rings. The molecule has 10 nitrogen and oxygen atoms in total. The van der Waals surface area contributed by atoms with Crippen molar-refractivity contribution < 1.29 is 28.2 Å². The van der Waals surface area contributed by atoms with Gasteiger partial charge in [0, 0.05) is 5.69 Å². The van der Waals surface area contributed by atoms with E-state index < -0.39 is 40.6 Å². The van der Waals surface area contributed by atoms with E-state index in [1.54, 1.807) is 46.8 Å². The zero-order chi connectivity index (χ0) is 27.6. The zero-order valence-corrected chi connectivity index (χ0v) is 22.6. The molecule has 4 rings (SSSR count). The molecule has 1 aromatic carbocycles. The van der Waals surface area contributed by atoms with Crippen molar-refractivity contribution >= 4 is 46.3 Å². The Morgan fingerprint density at radius 3 is 2.47 bits per heavy atom. The maximum absolute atomic E-state index is 14.7. The van der Waals surface area contributed by atoms with Crippen LogP contribution in [0.4, 0.5) is 20.7 Å². The smallest absolute Gasteiger partial charge is 0.413 e. The monoisotopic (exact) mass is 543 g/mol. The van der Waals surface area contributed by atoms with Gasteiger partial charge in [-0.15, -0.1) is 0 Å². The highest BCUT2D eigenvalue weighted by atomic mass is 32.2. The van der Waals surface area contributed by atoms with Gasteiger partial charge < -0.3 is 20.1 Å². The van der Waals surface area contributed by atoms with Crippen molar-refractivity contribution in [3.63, 3.8) is 0 Å². The van der Waals surface area contributed by atoms with E-state index in [4.69, 9.17) is 9.47 Å². The molecule has 0 radical (unpaired) electrons. The normalized spacial score (nSPS) is 18.8. The SMILES string of the molecule is Cc1cc(F)c(C(=O)Nc2ccc(OC3CC3)cn2)cc1NC(=O)C1SC(NC(=O)OC(C)(C)C)=NC1C. The molecule has 0 saturated heterocycles. The molecule has 202 valence electrons. The van der Waals surface area contributed by atoms with Crippen LogP contribution in [0.25, 0.3) is 0 Å². The molecule has 1 aliphatic carbocycles. The number of amides is 3. The average molecular weight is 544 g/mol. The Kier molecular flexibility index (Phi) is 7.91. The molecule has 1 aliphatic heterocycles. The number of ether oxygens (including phenoxy) is 2. The number of hydrogen-bond acceptors (Lipinski definition) is 8. The molecule has 12 heteroatoms. The van der Waals surface area contributed by atoms with E-state index in [0.717, 1.165) is 24.6 Å². The molecule has 1 aromatic heterocycles. The number of thioether (sulfide) groups is 1. The fourth-order valence-corrected chi connectivity index (χ4v) is 4.53. The fraction of sp³-hybridized carbons (Fsp3) is 0.423. The number of rotatable bonds is 6. The van der Waals surface area contributed by atoms with Crippen LogP contribution in [-0.2, 0) is 9.53 Å². The van der Waals surface area contributed by atoms with E-state index in [-0.39, 0.29) is 28.3 Å². The van der Waals surface area contributed by atoms with Crippen molar-refractivity contribution in [3.05, 3.63) is 47.4 Å². The Bertz CT molecular complexity index is 1270. The van der Waals surface area contributed by atoms with E-state index in [0.29, 0.717) is 11.3 Å². The van der Waals surface area contributed by atoms with Crippen LogP contribution < -0.4 is 20.7 Å². The number of nitrogens with zero attached hydrogens (tertiary/aromatic N) is 2. The Balaban J connectivity index is 1.39. The van der Waals surface area contributed by atoms with Crippen molar-refractivity contribution in [1.29, 1.82) is 0 Å². The summed E-state index contributed by atoms with van der Waals surface area (Å²) in [7, 11) is 0. The van der Waals surface area contributed by atoms with Gasteiger partial charge in [-0.1, -0.05) is 11.8 Å². The number of carbonyl (C=O) groups is 3. The Morgan fingerprint density at radius 1 is 1.11 bits per heavy atom. The second kappa shape index (κ2) is 11.0. The topological polar surface area (TPSA) is 131 Å². The van der Waals surface area contributed by atoms with Crippen molar-refractivity contribution in [2.45, 2.75) is 70.5 Å². The first-order valence-electron chi connectivity index (χ1n) is 12.2. The number of amidine groups is 1. The first kappa shape index (κ1) is 27.4. The summed E-state index contributed by atoms with van der Waals surface area (Å²) in [5.41, 5.74) is -0.203. The second-order valence-electron chi connectivity index (χ2n) is 10.1. The fourth-order valence-electron chi connectivity index (χ4n) is 3.50. The molecule has 2 atom stereocenters. The lowest BCUT2D eigenvalue weighted by Crippen LogP contribution is -2.35. The van der Waals surface area contributed by atoms with Crippen LogP contribution in [0.2, 0.25) is 0 Å². The zero-order valence-electron chi connectivity index (χ0n) is 21.8. The quantitative estimate of drug-likeness (QED) is 0.484. The Morgan fingerprint density at radius 2 is 1.84 bits per heavy atom. The van der Waals surface area contributed by atoms with Crippen LogP contribution in [-0.4, -0.2) is 51.1 Å². The molecular weight excluding hydrogens is 513 g/mol. The highest BCUT2D eigenvalue weighted by molar-refractivity contribution is 8.15. The highest BCUT2D eigenvalue weighted by Crippen LogP contribution is 2.29. The van der Waals surface area contributed by atoms with Gasteiger partial charge in [0.25, 0.3) is 5.91 Å². The van der Waals surface area contributed by atoms with Crippen LogP contribution in [0.3, 0.4) is 0 Å². The number of benzene rings is 1. The minimum Gasteiger partial charge on any atom is -0.489 e. The number of pyridine rings is 1. The summed E-state index contributed by atoms with van der Waals surface area (Å²) in [5, 5.41) is 7.49. The summed E-state index contributed by atoms with van der Waals surface area (Å²) in [5.74, 6) is -1.01. The van der Waals surface area contributed by atoms with Gasteiger partial charge in [-0.3, -0.25) is 19.9 Å². The predicted octanol–water partition coefficient (Wildman–Crippen LogP) is 4.65. The molecule has 2 unspecified atom stereocenters. The van der Waals surface area contributed by atoms with Gasteiger partial charge >= 0.3 is 6.09 Å². The van der Waals surface area contributed by atoms with Crippen LogP contribution in [0, 0.1) is 12.7 Å². The number of carbonyl (C=O) groups excluding carboxylic acids is 3. The molecule has 1 saturated carbocycles. The van der Waals surface area contributed by atoms with E-state index >= 15 is 0 Å². The lowest BCUT2D eigenvalue weighted by atomic mass is 10.1. The number of nitrogens with one attached hydrogen (secondary N) is 3. The van der Waals surface area contributed by atoms with Gasteiger partial charge in [-0.2, -0.15) is 0 Å². The standard InChI is InChI=1S/C26H30FN5O5S/c1-13-10-18(27)17(22(33)31-20-9-8-16(12-28-20)36-15-6-7-15)11-19(13)30-23(34)21-14(2)29-24(38-21)32-25(35)37-26(3,4)5/h8-12,14-15,21H,6-7H2,1-5H3,(H,30,34)(H,28,31,33)(H,29,32,35). The lowest BCUT2D eigenvalue weighted by Gasteiger charge is -2.19. The van der Waals surface area contributed by atoms with Gasteiger partial charge in [-0.05, 0) is 77.3 Å². The first-order valence-corrected chi connectivity index (χ1v) is 13.1. The van der Waals surface area contributed by atoms with Gasteiger partial charge in [0.1, 0.15) is 28.2 Å². The Hall–Kier alpha value is -3.67. The third-order valence-electron chi connectivity index (χ3n) is 5.49. The number of aliphatic imine (C=N–C) groups is 1. The third-order valence-corrected chi connectivity index (χ3v) is 6.78. The molecule has 0 spiro atoms. The highest BCUT2D eigenvalue weighted by Gasteiger charge is 2.35. The largest absolute Gasteiger partial charge is 0.489 e. The molecule has 2 heterocycles. The van der Waals surface area contributed by atoms with Crippen molar-refractivity contribution in [3.8, 4) is 5.75 Å². The molecular formula is C26H30FN5O5S. The number of halogens is 1. The van der Waals surface area contributed by atoms with Gasteiger partial charge in [-0.25, -0.2) is 14.2 Å². The average Bonchev–Trinajstić information content (AvgIpc) is 3.55. The minimum absolute atomic E-state index is 0.220. The molecule has 3 amide bonds. The molecule has 1 fully saturated rings. The van der Waals surface area contributed by atoms with Crippen LogP contribution in [0.15, 0.2) is 35.5 Å². The molecule has 38 heavy (non-hydrogen) atoms. The summed E-state index contributed by atoms with van der Waals surface area (Å²) in [4.78, 5) is 46.4. The third kappa shape index (κ3) is 7.21. The number of aryl methyl sites for hydroxylation is 1. The minimum atomic E-state index is -0.734. The maximum Gasteiger partial charge on any atom is 0.413 e. The molecule has 2 aromatic rings. The summed E-state index contributed by atoms with van der Waals surface area (Å²) < 4.78 is 25.6. The lowest BCUT2D eigenvalue weighted by molar-refractivity contribution is -0.115. The molecule has 0 bridgehead atoms. The van der Waals surface area contributed by atoms with E-state index in [1.807, 2.05) is 0 Å². The first-order chi connectivity index (χ1) is 17.9. The van der Waals surface area contributed by atoms with E-state index in [1.165, 1.54) is 18.3 Å². The maximum atomic E-state index is 14.7. The van der Waals surface area contributed by atoms with Crippen LogP contribution >= 0.6 is 11.8 Å². The number of alkyl carbamates (subject to hydrolysis) is 1. The summed E-state index contributed by atoms with van der Waals surface area (Å²) in [6.45, 7) is 8.59. The number of hydrogen-bond donors (Lipinski definition) is 3. The van der Waals surface area contributed by atoms with E-state index in [9.17, 15) is 18.8 Å². The van der Waals surface area contributed by atoms with Gasteiger partial charge in [0.15, 0.2) is 5.17 Å².